The molecule has 1 aliphatic rings. The Balaban J connectivity index is 1.58. The van der Waals surface area contributed by atoms with E-state index in [1.54, 1.807) is 40.5 Å². The van der Waals surface area contributed by atoms with Crippen LogP contribution in [0.4, 0.5) is 0 Å². The summed E-state index contributed by atoms with van der Waals surface area (Å²) in [6.45, 7) is 3.08. The molecule has 2 heterocycles. The Morgan fingerprint density at radius 1 is 1.44 bits per heavy atom. The van der Waals surface area contributed by atoms with Crippen molar-refractivity contribution in [3.8, 4) is 0 Å². The minimum Gasteiger partial charge on any atom is -0.354 e. The Morgan fingerprint density at radius 3 is 3.00 bits per heavy atom. The lowest BCUT2D eigenvalue weighted by Crippen LogP contribution is -2.46. The maximum absolute atomic E-state index is 12.7. The predicted octanol–water partition coefficient (Wildman–Crippen LogP) is 3.07. The van der Waals surface area contributed by atoms with E-state index in [9.17, 15) is 9.59 Å². The molecule has 0 bridgehead atoms. The van der Waals surface area contributed by atoms with Crippen LogP contribution in [-0.2, 0) is 11.2 Å². The number of carbonyl (C=O) groups is 2. The quantitative estimate of drug-likeness (QED) is 0.871. The van der Waals surface area contributed by atoms with E-state index in [1.807, 2.05) is 12.3 Å². The fraction of sp³-hybridized carbons (Fsp3) is 0.389. The first-order valence-electron chi connectivity index (χ1n) is 8.30. The second kappa shape index (κ2) is 7.97. The number of carbonyl (C=O) groups excluding carboxylic acids is 2. The number of hydrogen-bond donors (Lipinski definition) is 1. The van der Waals surface area contributed by atoms with Crippen molar-refractivity contribution < 1.29 is 9.59 Å². The van der Waals surface area contributed by atoms with Crippen LogP contribution in [-0.4, -0.2) is 40.8 Å². The zero-order chi connectivity index (χ0) is 17.8. The Labute approximate surface area is 156 Å². The number of amides is 2. The topological polar surface area (TPSA) is 62.3 Å². The lowest BCUT2D eigenvalue weighted by molar-refractivity contribution is -0.124. The molecule has 25 heavy (non-hydrogen) atoms. The van der Waals surface area contributed by atoms with Crippen molar-refractivity contribution >= 4 is 34.8 Å². The van der Waals surface area contributed by atoms with E-state index in [-0.39, 0.29) is 11.8 Å². The normalized spacial score (nSPS) is 16.9. The van der Waals surface area contributed by atoms with Crippen LogP contribution in [0.25, 0.3) is 0 Å². The van der Waals surface area contributed by atoms with Crippen LogP contribution in [0.3, 0.4) is 0 Å². The van der Waals surface area contributed by atoms with Gasteiger partial charge in [0.05, 0.1) is 10.7 Å². The Bertz CT molecular complexity index is 777. The maximum Gasteiger partial charge on any atom is 0.254 e. The van der Waals surface area contributed by atoms with E-state index in [4.69, 9.17) is 11.6 Å². The summed E-state index contributed by atoms with van der Waals surface area (Å²) in [6, 6.07) is 6.43. The van der Waals surface area contributed by atoms with E-state index >= 15 is 0 Å². The van der Waals surface area contributed by atoms with Gasteiger partial charge in [0.25, 0.3) is 5.91 Å². The zero-order valence-corrected chi connectivity index (χ0v) is 15.6. The lowest BCUT2D eigenvalue weighted by atomic mass is 10.1. The summed E-state index contributed by atoms with van der Waals surface area (Å²) in [5, 5.41) is 6.48. The number of nitrogens with one attached hydrogen (secondary N) is 1. The van der Waals surface area contributed by atoms with Crippen molar-refractivity contribution in [2.24, 2.45) is 0 Å². The third kappa shape index (κ3) is 4.38. The minimum atomic E-state index is -0.413. The molecule has 1 atom stereocenters. The third-order valence-corrected chi connectivity index (χ3v) is 5.29. The molecule has 0 saturated carbocycles. The van der Waals surface area contributed by atoms with Gasteiger partial charge < -0.3 is 10.2 Å². The molecular formula is C18H20ClN3O2S. The van der Waals surface area contributed by atoms with Gasteiger partial charge in [0.2, 0.25) is 5.91 Å². The summed E-state index contributed by atoms with van der Waals surface area (Å²) in [6.07, 6.45) is 2.22. The van der Waals surface area contributed by atoms with E-state index in [0.29, 0.717) is 36.5 Å². The molecule has 0 radical (unpaired) electrons. The van der Waals surface area contributed by atoms with Crippen molar-refractivity contribution in [3.05, 3.63) is 50.9 Å². The van der Waals surface area contributed by atoms with Gasteiger partial charge in [-0.3, -0.25) is 9.59 Å². The van der Waals surface area contributed by atoms with Gasteiger partial charge in [0, 0.05) is 35.5 Å². The van der Waals surface area contributed by atoms with E-state index in [1.165, 1.54) is 0 Å². The first-order chi connectivity index (χ1) is 12.0. The van der Waals surface area contributed by atoms with E-state index in [2.05, 4.69) is 10.3 Å². The number of rotatable bonds is 5. The SMILES string of the molecule is Cc1nc(CCNC(=O)[C@H]2CCCN2C(=O)c2cccc(Cl)c2)cs1. The fourth-order valence-corrected chi connectivity index (χ4v) is 3.86. The Kier molecular flexibility index (Phi) is 5.71. The molecule has 2 aromatic rings. The molecule has 1 N–H and O–H groups in total. The zero-order valence-electron chi connectivity index (χ0n) is 14.0. The van der Waals surface area contributed by atoms with Crippen molar-refractivity contribution in [2.45, 2.75) is 32.2 Å². The predicted molar refractivity (Wildman–Crippen MR) is 99.1 cm³/mol. The summed E-state index contributed by atoms with van der Waals surface area (Å²) in [5.74, 6) is -0.241. The maximum atomic E-state index is 12.7. The van der Waals surface area contributed by atoms with E-state index < -0.39 is 6.04 Å². The van der Waals surface area contributed by atoms with Gasteiger partial charge in [-0.05, 0) is 38.0 Å². The van der Waals surface area contributed by atoms with E-state index in [0.717, 1.165) is 17.1 Å². The second-order valence-corrected chi connectivity index (χ2v) is 7.56. The van der Waals surface area contributed by atoms with Gasteiger partial charge in [-0.1, -0.05) is 17.7 Å². The third-order valence-electron chi connectivity index (χ3n) is 4.23. The van der Waals surface area contributed by atoms with Crippen LogP contribution >= 0.6 is 22.9 Å². The van der Waals surface area contributed by atoms with Crippen molar-refractivity contribution in [3.63, 3.8) is 0 Å². The summed E-state index contributed by atoms with van der Waals surface area (Å²) in [7, 11) is 0. The summed E-state index contributed by atoms with van der Waals surface area (Å²) >= 11 is 7.57. The molecule has 2 amide bonds. The minimum absolute atomic E-state index is 0.0974. The average molecular weight is 378 g/mol. The molecule has 1 aromatic carbocycles. The van der Waals surface area contributed by atoms with Crippen LogP contribution < -0.4 is 5.32 Å². The smallest absolute Gasteiger partial charge is 0.254 e. The van der Waals surface area contributed by atoms with Crippen LogP contribution in [0.5, 0.6) is 0 Å². The standard InChI is InChI=1S/C18H20ClN3O2S/c1-12-21-15(11-25-12)7-8-20-17(23)16-6-3-9-22(16)18(24)13-4-2-5-14(19)10-13/h2,4-5,10-11,16H,3,6-9H2,1H3,(H,20,23)/t16-/m1/s1. The number of aryl methyl sites for hydroxylation is 1. The summed E-state index contributed by atoms with van der Waals surface area (Å²) in [5.41, 5.74) is 1.51. The molecule has 0 aliphatic carbocycles. The molecule has 132 valence electrons. The highest BCUT2D eigenvalue weighted by atomic mass is 35.5. The number of halogens is 1. The van der Waals surface area contributed by atoms with Crippen LogP contribution in [0.1, 0.15) is 33.9 Å². The molecular weight excluding hydrogens is 358 g/mol. The molecule has 7 heteroatoms. The Hall–Kier alpha value is -1.92. The molecule has 0 unspecified atom stereocenters. The largest absolute Gasteiger partial charge is 0.354 e. The van der Waals surface area contributed by atoms with Gasteiger partial charge in [0.15, 0.2) is 0 Å². The van der Waals surface area contributed by atoms with Crippen LogP contribution in [0.15, 0.2) is 29.6 Å². The first kappa shape index (κ1) is 17.9. The van der Waals surface area contributed by atoms with Gasteiger partial charge in [-0.25, -0.2) is 4.98 Å². The number of nitrogens with zero attached hydrogens (tertiary/aromatic N) is 2. The summed E-state index contributed by atoms with van der Waals surface area (Å²) in [4.78, 5) is 31.2. The van der Waals surface area contributed by atoms with Crippen molar-refractivity contribution in [1.82, 2.24) is 15.2 Å². The van der Waals surface area contributed by atoms with Crippen LogP contribution in [0.2, 0.25) is 5.02 Å². The fourth-order valence-electron chi connectivity index (χ4n) is 3.02. The van der Waals surface area contributed by atoms with Gasteiger partial charge in [0.1, 0.15) is 6.04 Å². The molecule has 1 aromatic heterocycles. The van der Waals surface area contributed by atoms with Crippen LogP contribution in [0, 0.1) is 6.92 Å². The highest BCUT2D eigenvalue weighted by Crippen LogP contribution is 2.21. The lowest BCUT2D eigenvalue weighted by Gasteiger charge is -2.24. The molecule has 1 fully saturated rings. The van der Waals surface area contributed by atoms with Crippen molar-refractivity contribution in [2.75, 3.05) is 13.1 Å². The van der Waals surface area contributed by atoms with Gasteiger partial charge in [-0.2, -0.15) is 0 Å². The second-order valence-electron chi connectivity index (χ2n) is 6.07. The molecule has 1 saturated heterocycles. The molecule has 5 nitrogen and oxygen atoms in total. The van der Waals surface area contributed by atoms with Crippen molar-refractivity contribution in [1.29, 1.82) is 0 Å². The molecule has 3 rings (SSSR count). The molecule has 1 aliphatic heterocycles. The average Bonchev–Trinajstić information content (AvgIpc) is 3.23. The number of thiazole rings is 1. The first-order valence-corrected chi connectivity index (χ1v) is 9.55. The number of aromatic nitrogens is 1. The molecule has 0 spiro atoms. The van der Waals surface area contributed by atoms with Gasteiger partial charge >= 0.3 is 0 Å². The number of likely N-dealkylation sites (tertiary alicyclic amines) is 1. The Morgan fingerprint density at radius 2 is 2.28 bits per heavy atom. The monoisotopic (exact) mass is 377 g/mol. The summed E-state index contributed by atoms with van der Waals surface area (Å²) < 4.78 is 0. The number of benzene rings is 1. The highest BCUT2D eigenvalue weighted by Gasteiger charge is 2.34. The van der Waals surface area contributed by atoms with Gasteiger partial charge in [-0.15, -0.1) is 11.3 Å². The number of hydrogen-bond acceptors (Lipinski definition) is 4. The highest BCUT2D eigenvalue weighted by molar-refractivity contribution is 7.09.